The third-order valence-corrected chi connectivity index (χ3v) is 2.97. The number of benzene rings is 1. The molecule has 0 aliphatic rings. The number of aromatic nitrogens is 1. The number of carbonyl (C=O) groups is 1. The maximum atomic E-state index is 12.6. The van der Waals surface area contributed by atoms with E-state index in [1.165, 1.54) is 19.2 Å². The van der Waals surface area contributed by atoms with Crippen LogP contribution < -0.4 is 0 Å². The van der Waals surface area contributed by atoms with Crippen LogP contribution in [-0.4, -0.2) is 10.8 Å². The Labute approximate surface area is 114 Å². The van der Waals surface area contributed by atoms with E-state index in [0.717, 1.165) is 17.8 Å². The molecule has 0 N–H and O–H groups in total. The Morgan fingerprint density at radius 3 is 2.30 bits per heavy atom. The van der Waals surface area contributed by atoms with Crippen molar-refractivity contribution in [2.24, 2.45) is 0 Å². The van der Waals surface area contributed by atoms with Gasteiger partial charge in [0.05, 0.1) is 5.56 Å². The van der Waals surface area contributed by atoms with Crippen molar-refractivity contribution in [3.8, 4) is 0 Å². The van der Waals surface area contributed by atoms with Gasteiger partial charge >= 0.3 is 6.18 Å². The summed E-state index contributed by atoms with van der Waals surface area (Å²) < 4.78 is 37.7. The first-order valence-electron chi connectivity index (χ1n) is 5.94. The van der Waals surface area contributed by atoms with Gasteiger partial charge in [-0.05, 0) is 43.7 Å². The smallest absolute Gasteiger partial charge is 0.289 e. The number of halogens is 3. The minimum atomic E-state index is -4.41. The summed E-state index contributed by atoms with van der Waals surface area (Å²) in [6, 6.07) is 6.41. The van der Waals surface area contributed by atoms with Crippen LogP contribution in [0.2, 0.25) is 0 Å². The van der Waals surface area contributed by atoms with E-state index >= 15 is 0 Å². The Balaban J connectivity index is 2.38. The second kappa shape index (κ2) is 5.07. The van der Waals surface area contributed by atoms with Gasteiger partial charge in [0.25, 0.3) is 0 Å². The first-order chi connectivity index (χ1) is 9.29. The lowest BCUT2D eigenvalue weighted by Gasteiger charge is -2.10. The molecule has 0 fully saturated rings. The number of rotatable bonds is 2. The molecule has 2 nitrogen and oxygen atoms in total. The highest BCUT2D eigenvalue weighted by atomic mass is 19.4. The zero-order valence-corrected chi connectivity index (χ0v) is 11.0. The van der Waals surface area contributed by atoms with Crippen LogP contribution >= 0.6 is 0 Å². The highest BCUT2D eigenvalue weighted by Crippen LogP contribution is 2.30. The van der Waals surface area contributed by atoms with Crippen molar-refractivity contribution < 1.29 is 18.0 Å². The van der Waals surface area contributed by atoms with E-state index in [2.05, 4.69) is 4.98 Å². The van der Waals surface area contributed by atoms with Crippen LogP contribution in [0.25, 0.3) is 0 Å². The molecule has 1 aromatic carbocycles. The summed E-state index contributed by atoms with van der Waals surface area (Å²) in [6.07, 6.45) is -2.98. The summed E-state index contributed by atoms with van der Waals surface area (Å²) >= 11 is 0. The monoisotopic (exact) mass is 279 g/mol. The predicted molar refractivity (Wildman–Crippen MR) is 68.6 cm³/mol. The van der Waals surface area contributed by atoms with Gasteiger partial charge in [-0.25, -0.2) is 0 Å². The van der Waals surface area contributed by atoms with Crippen LogP contribution in [0.15, 0.2) is 36.5 Å². The molecule has 0 spiro atoms. The number of carbonyl (C=O) groups excluding carboxylic acids is 1. The van der Waals surface area contributed by atoms with Crippen molar-refractivity contribution in [1.29, 1.82) is 0 Å². The van der Waals surface area contributed by atoms with E-state index in [1.807, 2.05) is 0 Å². The normalized spacial score (nSPS) is 11.4. The van der Waals surface area contributed by atoms with Gasteiger partial charge < -0.3 is 0 Å². The molecule has 104 valence electrons. The van der Waals surface area contributed by atoms with Crippen LogP contribution in [-0.2, 0) is 6.18 Å². The van der Waals surface area contributed by atoms with Gasteiger partial charge in [0.2, 0.25) is 0 Å². The molecule has 0 bridgehead atoms. The van der Waals surface area contributed by atoms with Gasteiger partial charge in [0.1, 0.15) is 0 Å². The van der Waals surface area contributed by atoms with Crippen LogP contribution in [0.4, 0.5) is 13.2 Å². The lowest BCUT2D eigenvalue weighted by Crippen LogP contribution is -2.09. The van der Waals surface area contributed by atoms with Crippen molar-refractivity contribution in [1.82, 2.24) is 4.98 Å². The fraction of sp³-hybridized carbons (Fsp3) is 0.200. The highest BCUT2D eigenvalue weighted by Gasteiger charge is 2.31. The Morgan fingerprint density at radius 2 is 1.80 bits per heavy atom. The Morgan fingerprint density at radius 1 is 1.10 bits per heavy atom. The Hall–Kier alpha value is -2.17. The average molecular weight is 279 g/mol. The number of hydrogen-bond donors (Lipinski definition) is 0. The average Bonchev–Trinajstić information content (AvgIpc) is 2.37. The largest absolute Gasteiger partial charge is 0.416 e. The fourth-order valence-electron chi connectivity index (χ4n) is 1.85. The summed E-state index contributed by atoms with van der Waals surface area (Å²) in [5, 5.41) is 0. The maximum absolute atomic E-state index is 12.6. The van der Waals surface area contributed by atoms with Crippen LogP contribution in [0.5, 0.6) is 0 Å². The molecular formula is C15H12F3NO. The van der Waals surface area contributed by atoms with Gasteiger partial charge in [-0.1, -0.05) is 6.07 Å². The van der Waals surface area contributed by atoms with E-state index in [-0.39, 0.29) is 11.3 Å². The van der Waals surface area contributed by atoms with Crippen LogP contribution in [0.3, 0.4) is 0 Å². The molecular weight excluding hydrogens is 267 g/mol. The molecule has 0 amide bonds. The second-order valence-electron chi connectivity index (χ2n) is 4.54. The first kappa shape index (κ1) is 14.2. The molecule has 1 heterocycles. The standard InChI is InChI=1S/C15H12F3NO/c1-9-7-12(15(16,17)18)5-6-13(9)14(20)11-4-3-10(2)19-8-11/h3-8H,1-2H3. The predicted octanol–water partition coefficient (Wildman–Crippen LogP) is 3.95. The molecule has 2 rings (SSSR count). The quantitative estimate of drug-likeness (QED) is 0.779. The molecule has 0 unspecified atom stereocenters. The molecule has 0 atom stereocenters. The van der Waals surface area contributed by atoms with E-state index < -0.39 is 11.7 Å². The number of hydrogen-bond acceptors (Lipinski definition) is 2. The summed E-state index contributed by atoms with van der Waals surface area (Å²) in [4.78, 5) is 16.2. The van der Waals surface area contributed by atoms with Crippen LogP contribution in [0, 0.1) is 13.8 Å². The molecule has 1 aromatic heterocycles. The van der Waals surface area contributed by atoms with Gasteiger partial charge in [0, 0.05) is 23.0 Å². The van der Waals surface area contributed by atoms with E-state index in [1.54, 1.807) is 19.1 Å². The van der Waals surface area contributed by atoms with Crippen molar-refractivity contribution in [2.75, 3.05) is 0 Å². The van der Waals surface area contributed by atoms with E-state index in [0.29, 0.717) is 11.1 Å². The number of alkyl halides is 3. The molecule has 0 aliphatic heterocycles. The van der Waals surface area contributed by atoms with Crippen molar-refractivity contribution >= 4 is 5.78 Å². The van der Waals surface area contributed by atoms with Gasteiger partial charge in [-0.3, -0.25) is 9.78 Å². The molecule has 0 saturated heterocycles. The molecule has 5 heteroatoms. The number of aryl methyl sites for hydroxylation is 2. The first-order valence-corrected chi connectivity index (χ1v) is 5.94. The summed E-state index contributed by atoms with van der Waals surface area (Å²) in [7, 11) is 0. The van der Waals surface area contributed by atoms with Gasteiger partial charge in [-0.15, -0.1) is 0 Å². The van der Waals surface area contributed by atoms with Gasteiger partial charge in [0.15, 0.2) is 5.78 Å². The van der Waals surface area contributed by atoms with Crippen LogP contribution in [0.1, 0.15) is 32.7 Å². The lowest BCUT2D eigenvalue weighted by molar-refractivity contribution is -0.137. The zero-order chi connectivity index (χ0) is 14.9. The number of ketones is 1. The molecule has 2 aromatic rings. The van der Waals surface area contributed by atoms with Crippen molar-refractivity contribution in [2.45, 2.75) is 20.0 Å². The third-order valence-electron chi connectivity index (χ3n) is 2.97. The third kappa shape index (κ3) is 2.87. The zero-order valence-electron chi connectivity index (χ0n) is 11.0. The fourth-order valence-corrected chi connectivity index (χ4v) is 1.85. The highest BCUT2D eigenvalue weighted by molar-refractivity contribution is 6.09. The lowest BCUT2D eigenvalue weighted by atomic mass is 9.98. The SMILES string of the molecule is Cc1ccc(C(=O)c2ccc(C(F)(F)F)cc2C)cn1. The Kier molecular flexibility index (Phi) is 3.61. The topological polar surface area (TPSA) is 30.0 Å². The molecule has 0 radical (unpaired) electrons. The second-order valence-corrected chi connectivity index (χ2v) is 4.54. The van der Waals surface area contributed by atoms with Crippen molar-refractivity contribution in [3.63, 3.8) is 0 Å². The summed E-state index contributed by atoms with van der Waals surface area (Å²) in [5.41, 5.74) is 0.923. The van der Waals surface area contributed by atoms with Gasteiger partial charge in [-0.2, -0.15) is 13.2 Å². The molecule has 20 heavy (non-hydrogen) atoms. The van der Waals surface area contributed by atoms with E-state index in [4.69, 9.17) is 0 Å². The Bertz CT molecular complexity index is 645. The van der Waals surface area contributed by atoms with Crippen molar-refractivity contribution in [3.05, 3.63) is 64.5 Å². The number of nitrogens with zero attached hydrogens (tertiary/aromatic N) is 1. The molecule has 0 saturated carbocycles. The number of pyridine rings is 1. The molecule has 0 aliphatic carbocycles. The minimum absolute atomic E-state index is 0.253. The van der Waals surface area contributed by atoms with E-state index in [9.17, 15) is 18.0 Å². The minimum Gasteiger partial charge on any atom is -0.289 e. The summed E-state index contributed by atoms with van der Waals surface area (Å²) in [5.74, 6) is -0.330. The maximum Gasteiger partial charge on any atom is 0.416 e. The summed E-state index contributed by atoms with van der Waals surface area (Å²) in [6.45, 7) is 3.28.